The molecule has 1 aliphatic rings. The Morgan fingerprint density at radius 2 is 1.90 bits per heavy atom. The number of rotatable bonds is 7. The lowest BCUT2D eigenvalue weighted by Gasteiger charge is -2.23. The minimum atomic E-state index is 0.739. The largest absolute Gasteiger partial charge is 0.316 e. The van der Waals surface area contributed by atoms with Crippen LogP contribution < -0.4 is 5.32 Å². The fourth-order valence-electron chi connectivity index (χ4n) is 3.24. The molecule has 1 fully saturated rings. The number of thiazole rings is 1. The second-order valence-corrected chi connectivity index (χ2v) is 8.10. The summed E-state index contributed by atoms with van der Waals surface area (Å²) in [5.74, 6) is 2.43. The molecular weight excluding hydrogens is 264 g/mol. The lowest BCUT2D eigenvalue weighted by molar-refractivity contribution is 0.315. The zero-order valence-electron chi connectivity index (χ0n) is 13.5. The maximum atomic E-state index is 4.76. The van der Waals surface area contributed by atoms with Crippen molar-refractivity contribution in [2.75, 3.05) is 13.1 Å². The molecule has 1 saturated carbocycles. The van der Waals surface area contributed by atoms with Crippen LogP contribution in [0.5, 0.6) is 0 Å². The van der Waals surface area contributed by atoms with Crippen molar-refractivity contribution < 1.29 is 0 Å². The van der Waals surface area contributed by atoms with Gasteiger partial charge in [0.05, 0.1) is 10.7 Å². The summed E-state index contributed by atoms with van der Waals surface area (Å²) < 4.78 is 0. The molecule has 0 spiro atoms. The summed E-state index contributed by atoms with van der Waals surface area (Å²) in [6.45, 7) is 11.2. The molecule has 1 aliphatic carbocycles. The lowest BCUT2D eigenvalue weighted by Crippen LogP contribution is -2.31. The maximum Gasteiger partial charge on any atom is 0.0934 e. The molecule has 0 aromatic carbocycles. The van der Waals surface area contributed by atoms with Gasteiger partial charge in [0.1, 0.15) is 0 Å². The molecule has 3 heteroatoms. The highest BCUT2D eigenvalue weighted by Crippen LogP contribution is 2.34. The minimum absolute atomic E-state index is 0.739. The van der Waals surface area contributed by atoms with Crippen LogP contribution >= 0.6 is 11.3 Å². The molecule has 1 N–H and O–H groups in total. The highest BCUT2D eigenvalue weighted by Gasteiger charge is 2.26. The first-order valence-corrected chi connectivity index (χ1v) is 9.01. The van der Waals surface area contributed by atoms with Gasteiger partial charge in [-0.1, -0.05) is 39.5 Å². The summed E-state index contributed by atoms with van der Waals surface area (Å²) in [6.07, 6.45) is 6.90. The van der Waals surface area contributed by atoms with Gasteiger partial charge < -0.3 is 5.32 Å². The van der Waals surface area contributed by atoms with Crippen LogP contribution in [0.15, 0.2) is 0 Å². The molecule has 2 nitrogen and oxygen atoms in total. The highest BCUT2D eigenvalue weighted by molar-refractivity contribution is 7.11. The quantitative estimate of drug-likeness (QED) is 0.808. The van der Waals surface area contributed by atoms with Crippen LogP contribution in [0.25, 0.3) is 0 Å². The van der Waals surface area contributed by atoms with Crippen LogP contribution in [-0.2, 0) is 6.42 Å². The van der Waals surface area contributed by atoms with Gasteiger partial charge in [0.15, 0.2) is 0 Å². The fourth-order valence-corrected chi connectivity index (χ4v) is 4.27. The van der Waals surface area contributed by atoms with Gasteiger partial charge >= 0.3 is 0 Å². The molecule has 1 aromatic heterocycles. The molecule has 1 atom stereocenters. The number of aryl methyl sites for hydroxylation is 2. The second kappa shape index (κ2) is 7.56. The first-order chi connectivity index (χ1) is 9.56. The third-order valence-electron chi connectivity index (χ3n) is 4.54. The van der Waals surface area contributed by atoms with Gasteiger partial charge in [-0.25, -0.2) is 4.98 Å². The monoisotopic (exact) mass is 294 g/mol. The van der Waals surface area contributed by atoms with Crippen LogP contribution in [0.2, 0.25) is 0 Å². The van der Waals surface area contributed by atoms with Crippen LogP contribution in [0.4, 0.5) is 0 Å². The van der Waals surface area contributed by atoms with E-state index in [1.807, 2.05) is 11.3 Å². The Morgan fingerprint density at radius 3 is 2.45 bits per heavy atom. The first-order valence-electron chi connectivity index (χ1n) is 8.20. The van der Waals surface area contributed by atoms with E-state index in [2.05, 4.69) is 33.0 Å². The Balaban J connectivity index is 1.94. The molecule has 114 valence electrons. The van der Waals surface area contributed by atoms with Gasteiger partial charge in [-0.3, -0.25) is 0 Å². The van der Waals surface area contributed by atoms with Gasteiger partial charge in [0.2, 0.25) is 0 Å². The van der Waals surface area contributed by atoms with Crippen molar-refractivity contribution in [2.45, 2.75) is 59.8 Å². The van der Waals surface area contributed by atoms with E-state index in [1.54, 1.807) is 0 Å². The molecule has 1 unspecified atom stereocenters. The van der Waals surface area contributed by atoms with E-state index in [-0.39, 0.29) is 0 Å². The van der Waals surface area contributed by atoms with Crippen molar-refractivity contribution >= 4 is 11.3 Å². The Morgan fingerprint density at radius 1 is 1.20 bits per heavy atom. The van der Waals surface area contributed by atoms with E-state index >= 15 is 0 Å². The zero-order chi connectivity index (χ0) is 14.5. The van der Waals surface area contributed by atoms with Crippen molar-refractivity contribution in [2.24, 2.45) is 17.8 Å². The highest BCUT2D eigenvalue weighted by atomic mass is 32.1. The van der Waals surface area contributed by atoms with Gasteiger partial charge in [-0.2, -0.15) is 0 Å². The summed E-state index contributed by atoms with van der Waals surface area (Å²) in [5.41, 5.74) is 1.23. The van der Waals surface area contributed by atoms with Gasteiger partial charge in [-0.05, 0) is 44.7 Å². The second-order valence-electron chi connectivity index (χ2n) is 6.81. The van der Waals surface area contributed by atoms with E-state index in [9.17, 15) is 0 Å². The van der Waals surface area contributed by atoms with Crippen LogP contribution in [-0.4, -0.2) is 18.1 Å². The van der Waals surface area contributed by atoms with E-state index in [0.29, 0.717) is 0 Å². The molecule has 0 saturated heterocycles. The third-order valence-corrected chi connectivity index (χ3v) is 5.63. The molecule has 1 aromatic rings. The van der Waals surface area contributed by atoms with Crippen molar-refractivity contribution in [3.63, 3.8) is 0 Å². The number of nitrogens with zero attached hydrogens (tertiary/aromatic N) is 1. The molecule has 1 heterocycles. The summed E-state index contributed by atoms with van der Waals surface area (Å²) >= 11 is 1.90. The summed E-state index contributed by atoms with van der Waals surface area (Å²) in [4.78, 5) is 6.14. The maximum absolute atomic E-state index is 4.76. The van der Waals surface area contributed by atoms with E-state index in [4.69, 9.17) is 4.98 Å². The van der Waals surface area contributed by atoms with Crippen LogP contribution in [0, 0.1) is 31.6 Å². The van der Waals surface area contributed by atoms with E-state index < -0.39 is 0 Å². The zero-order valence-corrected chi connectivity index (χ0v) is 14.4. The van der Waals surface area contributed by atoms with Crippen molar-refractivity contribution in [1.29, 1.82) is 0 Å². The smallest absolute Gasteiger partial charge is 0.0934 e. The normalized spacial score (nSPS) is 18.1. The molecular formula is C17H30N2S. The molecule has 20 heavy (non-hydrogen) atoms. The first kappa shape index (κ1) is 16.0. The Hall–Kier alpha value is -0.410. The van der Waals surface area contributed by atoms with E-state index in [1.165, 1.54) is 54.2 Å². The SMILES string of the molecule is Cc1nc(CC(CNCC(C)C)C2CCCC2)sc1C. The van der Waals surface area contributed by atoms with Crippen LogP contribution in [0.3, 0.4) is 0 Å². The summed E-state index contributed by atoms with van der Waals surface area (Å²) in [7, 11) is 0. The summed E-state index contributed by atoms with van der Waals surface area (Å²) in [6, 6.07) is 0. The van der Waals surface area contributed by atoms with Crippen molar-refractivity contribution in [3.8, 4) is 0 Å². The Bertz CT molecular complexity index is 386. The van der Waals surface area contributed by atoms with Crippen molar-refractivity contribution in [1.82, 2.24) is 10.3 Å². The summed E-state index contributed by atoms with van der Waals surface area (Å²) in [5, 5.41) is 5.03. The van der Waals surface area contributed by atoms with Gasteiger partial charge in [0.25, 0.3) is 0 Å². The average molecular weight is 295 g/mol. The number of hydrogen-bond donors (Lipinski definition) is 1. The average Bonchev–Trinajstić information content (AvgIpc) is 2.99. The molecule has 0 amide bonds. The predicted molar refractivity (Wildman–Crippen MR) is 88.4 cm³/mol. The molecule has 0 radical (unpaired) electrons. The number of aromatic nitrogens is 1. The topological polar surface area (TPSA) is 24.9 Å². The van der Waals surface area contributed by atoms with Gasteiger partial charge in [0, 0.05) is 11.3 Å². The lowest BCUT2D eigenvalue weighted by atomic mass is 9.88. The standard InChI is InChI=1S/C17H30N2S/c1-12(2)10-18-11-16(15-7-5-6-8-15)9-17-19-13(3)14(4)20-17/h12,15-16,18H,5-11H2,1-4H3. The molecule has 2 rings (SSSR count). The predicted octanol–water partition coefficient (Wildman–Crippen LogP) is 4.35. The molecule has 0 bridgehead atoms. The number of nitrogens with one attached hydrogen (secondary N) is 1. The van der Waals surface area contributed by atoms with Crippen LogP contribution in [0.1, 0.15) is 55.1 Å². The van der Waals surface area contributed by atoms with Crippen molar-refractivity contribution in [3.05, 3.63) is 15.6 Å². The minimum Gasteiger partial charge on any atom is -0.316 e. The fraction of sp³-hybridized carbons (Fsp3) is 0.824. The van der Waals surface area contributed by atoms with Gasteiger partial charge in [-0.15, -0.1) is 11.3 Å². The number of hydrogen-bond acceptors (Lipinski definition) is 3. The Labute approximate surface area is 128 Å². The Kier molecular flexibility index (Phi) is 6.03. The molecule has 0 aliphatic heterocycles. The van der Waals surface area contributed by atoms with E-state index in [0.717, 1.165) is 24.3 Å². The third kappa shape index (κ3) is 4.56.